The molecule has 0 aliphatic carbocycles. The van der Waals surface area contributed by atoms with Crippen LogP contribution in [0.3, 0.4) is 0 Å². The van der Waals surface area contributed by atoms with Gasteiger partial charge in [-0.15, -0.1) is 0 Å². The predicted octanol–water partition coefficient (Wildman–Crippen LogP) is 5.57. The maximum absolute atomic E-state index is 14.0. The van der Waals surface area contributed by atoms with Gasteiger partial charge >= 0.3 is 0 Å². The van der Waals surface area contributed by atoms with Crippen molar-refractivity contribution in [3.05, 3.63) is 101 Å². The number of amides is 2. The molecule has 2 amide bonds. The van der Waals surface area contributed by atoms with Crippen LogP contribution in [0.1, 0.15) is 54.5 Å². The maximum atomic E-state index is 14.0. The number of sulfonamides is 1. The van der Waals surface area contributed by atoms with Crippen LogP contribution in [0.25, 0.3) is 0 Å². The SMILES string of the molecule is Cc1ccc(C)c(N(CCCC(=O)N(Cc2ccccc2C)[C@H](Cc2ccccc2)C(=O)NCC(C)C)S(C)(=O)=O)c1. The topological polar surface area (TPSA) is 86.8 Å². The van der Waals surface area contributed by atoms with Gasteiger partial charge in [-0.3, -0.25) is 13.9 Å². The number of hydrogen-bond acceptors (Lipinski definition) is 4. The molecule has 3 aromatic carbocycles. The van der Waals surface area contributed by atoms with Crippen LogP contribution in [0.4, 0.5) is 5.69 Å². The summed E-state index contributed by atoms with van der Waals surface area (Å²) in [4.78, 5) is 29.3. The second kappa shape index (κ2) is 15.0. The molecule has 0 radical (unpaired) electrons. The van der Waals surface area contributed by atoms with Crippen LogP contribution in [0, 0.1) is 26.7 Å². The highest BCUT2D eigenvalue weighted by molar-refractivity contribution is 7.92. The van der Waals surface area contributed by atoms with Crippen molar-refractivity contribution < 1.29 is 18.0 Å². The van der Waals surface area contributed by atoms with Crippen LogP contribution in [-0.2, 0) is 32.6 Å². The van der Waals surface area contributed by atoms with Crippen LogP contribution in [-0.4, -0.2) is 50.5 Å². The first-order chi connectivity index (χ1) is 19.9. The van der Waals surface area contributed by atoms with Crippen LogP contribution in [0.2, 0.25) is 0 Å². The molecule has 0 spiro atoms. The number of benzene rings is 3. The van der Waals surface area contributed by atoms with Crippen LogP contribution in [0.15, 0.2) is 72.8 Å². The van der Waals surface area contributed by atoms with Crippen molar-refractivity contribution in [1.82, 2.24) is 10.2 Å². The van der Waals surface area contributed by atoms with Crippen molar-refractivity contribution in [1.29, 1.82) is 0 Å². The van der Waals surface area contributed by atoms with Gasteiger partial charge < -0.3 is 10.2 Å². The molecule has 7 nitrogen and oxygen atoms in total. The third-order valence-electron chi connectivity index (χ3n) is 7.34. The van der Waals surface area contributed by atoms with Crippen molar-refractivity contribution in [3.8, 4) is 0 Å². The summed E-state index contributed by atoms with van der Waals surface area (Å²) in [5.74, 6) is -0.116. The van der Waals surface area contributed by atoms with Crippen molar-refractivity contribution in [2.45, 2.75) is 66.5 Å². The average molecular weight is 592 g/mol. The zero-order valence-electron chi connectivity index (χ0n) is 25.8. The predicted molar refractivity (Wildman–Crippen MR) is 171 cm³/mol. The molecule has 1 atom stereocenters. The Hall–Kier alpha value is -3.65. The van der Waals surface area contributed by atoms with Crippen molar-refractivity contribution in [3.63, 3.8) is 0 Å². The summed E-state index contributed by atoms with van der Waals surface area (Å²) in [6.45, 7) is 10.8. The Morgan fingerprint density at radius 1 is 0.881 bits per heavy atom. The molecule has 0 saturated heterocycles. The summed E-state index contributed by atoms with van der Waals surface area (Å²) in [7, 11) is -3.57. The molecule has 1 N–H and O–H groups in total. The van der Waals surface area contributed by atoms with Gasteiger partial charge in [0.05, 0.1) is 11.9 Å². The number of rotatable bonds is 14. The minimum Gasteiger partial charge on any atom is -0.354 e. The molecule has 0 fully saturated rings. The minimum absolute atomic E-state index is 0.103. The molecular weight excluding hydrogens is 546 g/mol. The minimum atomic E-state index is -3.57. The third kappa shape index (κ3) is 9.44. The number of carbonyl (C=O) groups excluding carboxylic acids is 2. The summed E-state index contributed by atoms with van der Waals surface area (Å²) >= 11 is 0. The van der Waals surface area contributed by atoms with E-state index in [1.807, 2.05) is 107 Å². The summed E-state index contributed by atoms with van der Waals surface area (Å²) in [5, 5.41) is 3.05. The summed E-state index contributed by atoms with van der Waals surface area (Å²) in [5.41, 5.74) is 5.40. The fourth-order valence-corrected chi connectivity index (χ4v) is 5.93. The van der Waals surface area contributed by atoms with Gasteiger partial charge in [0.25, 0.3) is 0 Å². The van der Waals surface area contributed by atoms with Gasteiger partial charge in [-0.1, -0.05) is 80.6 Å². The Morgan fingerprint density at radius 2 is 1.55 bits per heavy atom. The van der Waals surface area contributed by atoms with Crippen LogP contribution in [0.5, 0.6) is 0 Å². The lowest BCUT2D eigenvalue weighted by atomic mass is 10.0. The fourth-order valence-electron chi connectivity index (χ4n) is 4.92. The van der Waals surface area contributed by atoms with E-state index in [0.717, 1.165) is 27.8 Å². The van der Waals surface area contributed by atoms with Crippen LogP contribution < -0.4 is 9.62 Å². The molecule has 0 unspecified atom stereocenters. The Bertz CT molecular complexity index is 1450. The number of aryl methyl sites for hydroxylation is 3. The number of anilines is 1. The van der Waals surface area contributed by atoms with Gasteiger partial charge in [0.1, 0.15) is 6.04 Å². The summed E-state index contributed by atoms with van der Waals surface area (Å²) in [6, 6.07) is 22.6. The number of carbonyl (C=O) groups is 2. The van der Waals surface area contributed by atoms with Gasteiger partial charge in [-0.2, -0.15) is 0 Å². The Labute approximate surface area is 252 Å². The first-order valence-electron chi connectivity index (χ1n) is 14.6. The first-order valence-corrected chi connectivity index (χ1v) is 16.4. The Kier molecular flexibility index (Phi) is 11.7. The van der Waals surface area contributed by atoms with E-state index in [4.69, 9.17) is 0 Å². The Balaban J connectivity index is 1.91. The molecule has 0 aromatic heterocycles. The average Bonchev–Trinajstić information content (AvgIpc) is 2.94. The van der Waals surface area contributed by atoms with E-state index >= 15 is 0 Å². The zero-order chi connectivity index (χ0) is 30.9. The van der Waals surface area contributed by atoms with Gasteiger partial charge in [-0.05, 0) is 67.0 Å². The highest BCUT2D eigenvalue weighted by Gasteiger charge is 2.31. The molecule has 3 aromatic rings. The molecule has 0 bridgehead atoms. The van der Waals surface area contributed by atoms with E-state index < -0.39 is 16.1 Å². The molecule has 0 aliphatic heterocycles. The third-order valence-corrected chi connectivity index (χ3v) is 8.52. The van der Waals surface area contributed by atoms with E-state index in [0.29, 0.717) is 25.1 Å². The zero-order valence-corrected chi connectivity index (χ0v) is 26.6. The van der Waals surface area contributed by atoms with Gasteiger partial charge in [0.15, 0.2) is 0 Å². The van der Waals surface area contributed by atoms with Crippen molar-refractivity contribution >= 4 is 27.5 Å². The normalized spacial score (nSPS) is 12.2. The molecule has 0 heterocycles. The smallest absolute Gasteiger partial charge is 0.243 e. The van der Waals surface area contributed by atoms with E-state index in [1.165, 1.54) is 10.6 Å². The van der Waals surface area contributed by atoms with E-state index in [9.17, 15) is 18.0 Å². The van der Waals surface area contributed by atoms with Gasteiger partial charge in [0.2, 0.25) is 21.8 Å². The number of hydrogen-bond donors (Lipinski definition) is 1. The monoisotopic (exact) mass is 591 g/mol. The van der Waals surface area contributed by atoms with E-state index in [-0.39, 0.29) is 37.2 Å². The first kappa shape index (κ1) is 32.9. The molecule has 42 heavy (non-hydrogen) atoms. The van der Waals surface area contributed by atoms with Crippen molar-refractivity contribution in [2.75, 3.05) is 23.7 Å². The highest BCUT2D eigenvalue weighted by atomic mass is 32.2. The Morgan fingerprint density at radius 3 is 2.19 bits per heavy atom. The quantitative estimate of drug-likeness (QED) is 0.266. The molecule has 226 valence electrons. The second-order valence-electron chi connectivity index (χ2n) is 11.5. The fraction of sp³-hybridized carbons (Fsp3) is 0.412. The van der Waals surface area contributed by atoms with E-state index in [1.54, 1.807) is 4.90 Å². The maximum Gasteiger partial charge on any atom is 0.243 e. The molecular formula is C34H45N3O4S. The van der Waals surface area contributed by atoms with Gasteiger partial charge in [0, 0.05) is 32.5 Å². The number of nitrogens with one attached hydrogen (secondary N) is 1. The van der Waals surface area contributed by atoms with Crippen molar-refractivity contribution in [2.24, 2.45) is 5.92 Å². The lowest BCUT2D eigenvalue weighted by molar-refractivity contribution is -0.141. The van der Waals surface area contributed by atoms with Crippen LogP contribution >= 0.6 is 0 Å². The molecule has 0 aliphatic rings. The summed E-state index contributed by atoms with van der Waals surface area (Å²) < 4.78 is 27.0. The summed E-state index contributed by atoms with van der Waals surface area (Å²) in [6.07, 6.45) is 1.98. The largest absolute Gasteiger partial charge is 0.354 e. The molecule has 0 saturated carbocycles. The molecule has 3 rings (SSSR count). The van der Waals surface area contributed by atoms with Gasteiger partial charge in [-0.25, -0.2) is 8.42 Å². The highest BCUT2D eigenvalue weighted by Crippen LogP contribution is 2.25. The molecule has 8 heteroatoms. The lowest BCUT2D eigenvalue weighted by Crippen LogP contribution is -2.51. The second-order valence-corrected chi connectivity index (χ2v) is 13.4. The number of nitrogens with zero attached hydrogens (tertiary/aromatic N) is 2. The lowest BCUT2D eigenvalue weighted by Gasteiger charge is -2.32. The van der Waals surface area contributed by atoms with E-state index in [2.05, 4.69) is 5.32 Å². The standard InChI is InChI=1S/C34H45N3O4S/c1-25(2)23-35-34(39)32(22-29-14-8-7-9-15-29)36(24-30-16-11-10-13-27(30)4)33(38)17-12-20-37(42(6,40)41)31-21-26(3)18-19-28(31)5/h7-11,13-16,18-19,21,25,32H,12,17,20,22-24H2,1-6H3,(H,35,39)/t32-/m1/s1.